The number of hydrogen-bond acceptors (Lipinski definition) is 4. The van der Waals surface area contributed by atoms with Gasteiger partial charge in [0.2, 0.25) is 0 Å². The van der Waals surface area contributed by atoms with Crippen molar-refractivity contribution in [1.82, 2.24) is 9.97 Å². The molecule has 0 spiro atoms. The van der Waals surface area contributed by atoms with E-state index in [1.165, 1.54) is 0 Å². The van der Waals surface area contributed by atoms with Gasteiger partial charge in [-0.15, -0.1) is 23.1 Å². The minimum atomic E-state index is 1.01. The predicted molar refractivity (Wildman–Crippen MR) is 59.3 cm³/mol. The Morgan fingerprint density at radius 3 is 3.08 bits per heavy atom. The lowest BCUT2D eigenvalue weighted by Crippen LogP contribution is -1.82. The molecular formula is C9H8N2S2. The summed E-state index contributed by atoms with van der Waals surface area (Å²) in [5, 5.41) is 3.11. The van der Waals surface area contributed by atoms with Crippen LogP contribution >= 0.6 is 23.1 Å². The Kier molecular flexibility index (Phi) is 2.33. The van der Waals surface area contributed by atoms with Gasteiger partial charge in [-0.1, -0.05) is 12.7 Å². The summed E-state index contributed by atoms with van der Waals surface area (Å²) >= 11 is 3.32. The van der Waals surface area contributed by atoms with E-state index in [1.54, 1.807) is 29.4 Å². The van der Waals surface area contributed by atoms with Gasteiger partial charge < -0.3 is 0 Å². The Balaban J connectivity index is 2.79. The first-order valence-electron chi connectivity index (χ1n) is 3.75. The molecule has 0 amide bonds. The summed E-state index contributed by atoms with van der Waals surface area (Å²) in [5.41, 5.74) is 2.11. The van der Waals surface area contributed by atoms with Crippen molar-refractivity contribution >= 4 is 39.4 Å². The van der Waals surface area contributed by atoms with Crippen molar-refractivity contribution < 1.29 is 0 Å². The van der Waals surface area contributed by atoms with Gasteiger partial charge in [-0.05, 0) is 6.26 Å². The third kappa shape index (κ3) is 1.36. The number of rotatable bonds is 2. The first-order chi connectivity index (χ1) is 6.36. The van der Waals surface area contributed by atoms with Crippen LogP contribution in [-0.2, 0) is 0 Å². The fraction of sp³-hybridized carbons (Fsp3) is 0.111. The van der Waals surface area contributed by atoms with E-state index in [1.807, 2.05) is 12.3 Å². The Morgan fingerprint density at radius 2 is 2.38 bits per heavy atom. The summed E-state index contributed by atoms with van der Waals surface area (Å²) in [6.45, 7) is 3.75. The molecule has 2 aromatic heterocycles. The zero-order chi connectivity index (χ0) is 9.26. The van der Waals surface area contributed by atoms with E-state index in [0.717, 1.165) is 20.8 Å². The van der Waals surface area contributed by atoms with Crippen molar-refractivity contribution in [2.24, 2.45) is 0 Å². The molecule has 2 heterocycles. The molecule has 0 fully saturated rings. The third-order valence-corrected chi connectivity index (χ3v) is 3.58. The molecule has 0 unspecified atom stereocenters. The van der Waals surface area contributed by atoms with E-state index >= 15 is 0 Å². The maximum atomic E-state index is 4.24. The molecule has 13 heavy (non-hydrogen) atoms. The van der Waals surface area contributed by atoms with Crippen LogP contribution in [0.4, 0.5) is 0 Å². The van der Waals surface area contributed by atoms with E-state index in [-0.39, 0.29) is 0 Å². The van der Waals surface area contributed by atoms with Gasteiger partial charge in [0.25, 0.3) is 0 Å². The highest BCUT2D eigenvalue weighted by Gasteiger charge is 2.06. The second kappa shape index (κ2) is 3.47. The van der Waals surface area contributed by atoms with Gasteiger partial charge in [0, 0.05) is 10.9 Å². The number of nitrogens with zero attached hydrogens (tertiary/aromatic N) is 2. The summed E-state index contributed by atoms with van der Waals surface area (Å²) in [7, 11) is 0. The van der Waals surface area contributed by atoms with Gasteiger partial charge in [-0.3, -0.25) is 0 Å². The van der Waals surface area contributed by atoms with Crippen molar-refractivity contribution in [2.75, 3.05) is 6.26 Å². The van der Waals surface area contributed by atoms with E-state index in [4.69, 9.17) is 0 Å². The van der Waals surface area contributed by atoms with Gasteiger partial charge in [-0.25, -0.2) is 9.97 Å². The minimum Gasteiger partial charge on any atom is -0.235 e. The highest BCUT2D eigenvalue weighted by Crippen LogP contribution is 2.30. The number of fused-ring (bicyclic) bond motifs is 1. The zero-order valence-electron chi connectivity index (χ0n) is 7.15. The molecule has 0 aliphatic rings. The highest BCUT2D eigenvalue weighted by atomic mass is 32.2. The molecule has 2 rings (SSSR count). The second-order valence-electron chi connectivity index (χ2n) is 2.46. The average molecular weight is 208 g/mol. The van der Waals surface area contributed by atoms with Gasteiger partial charge in [-0.2, -0.15) is 0 Å². The average Bonchev–Trinajstić information content (AvgIpc) is 2.60. The normalized spacial score (nSPS) is 10.5. The lowest BCUT2D eigenvalue weighted by Gasteiger charge is -1.95. The van der Waals surface area contributed by atoms with Gasteiger partial charge in [0.05, 0.1) is 10.2 Å². The van der Waals surface area contributed by atoms with Crippen LogP contribution in [0.25, 0.3) is 16.3 Å². The molecule has 66 valence electrons. The SMILES string of the molecule is C=Cc1csc2c(SC)ncnc12. The van der Waals surface area contributed by atoms with Crippen molar-refractivity contribution in [1.29, 1.82) is 0 Å². The molecule has 2 nitrogen and oxygen atoms in total. The molecule has 2 aromatic rings. The maximum Gasteiger partial charge on any atom is 0.117 e. The van der Waals surface area contributed by atoms with Crippen LogP contribution in [0.5, 0.6) is 0 Å². The summed E-state index contributed by atoms with van der Waals surface area (Å²) in [6.07, 6.45) is 5.46. The lowest BCUT2D eigenvalue weighted by molar-refractivity contribution is 1.11. The topological polar surface area (TPSA) is 25.8 Å². The first-order valence-corrected chi connectivity index (χ1v) is 5.86. The Labute approximate surface area is 84.7 Å². The molecule has 0 aliphatic carbocycles. The quantitative estimate of drug-likeness (QED) is 0.560. The third-order valence-electron chi connectivity index (χ3n) is 1.76. The summed E-state index contributed by atoms with van der Waals surface area (Å²) < 4.78 is 1.16. The standard InChI is InChI=1S/C9H8N2S2/c1-3-6-4-13-8-7(6)10-5-11-9(8)12-2/h3-5H,1H2,2H3. The van der Waals surface area contributed by atoms with Crippen LogP contribution in [0.1, 0.15) is 5.56 Å². The smallest absolute Gasteiger partial charge is 0.117 e. The molecular weight excluding hydrogens is 200 g/mol. The van der Waals surface area contributed by atoms with E-state index in [0.29, 0.717) is 0 Å². The summed E-state index contributed by atoms with van der Waals surface area (Å²) in [6, 6.07) is 0. The molecule has 4 heteroatoms. The Hall–Kier alpha value is -0.870. The summed E-state index contributed by atoms with van der Waals surface area (Å²) in [4.78, 5) is 8.44. The molecule has 0 saturated heterocycles. The Bertz CT molecular complexity index is 448. The number of aromatic nitrogens is 2. The maximum absolute atomic E-state index is 4.24. The van der Waals surface area contributed by atoms with Crippen LogP contribution in [-0.4, -0.2) is 16.2 Å². The monoisotopic (exact) mass is 208 g/mol. The number of hydrogen-bond donors (Lipinski definition) is 0. The van der Waals surface area contributed by atoms with Crippen molar-refractivity contribution in [3.8, 4) is 0 Å². The number of thiophene rings is 1. The van der Waals surface area contributed by atoms with E-state index < -0.39 is 0 Å². The molecule has 0 atom stereocenters. The van der Waals surface area contributed by atoms with Crippen LogP contribution in [0, 0.1) is 0 Å². The lowest BCUT2D eigenvalue weighted by atomic mass is 10.3. The van der Waals surface area contributed by atoms with Crippen LogP contribution in [0.2, 0.25) is 0 Å². The molecule has 0 bridgehead atoms. The first kappa shape index (κ1) is 8.72. The molecule has 0 aliphatic heterocycles. The van der Waals surface area contributed by atoms with Gasteiger partial charge in [0.15, 0.2) is 0 Å². The van der Waals surface area contributed by atoms with Gasteiger partial charge in [0.1, 0.15) is 11.4 Å². The van der Waals surface area contributed by atoms with Crippen LogP contribution in [0.15, 0.2) is 23.3 Å². The molecule has 0 aromatic carbocycles. The fourth-order valence-electron chi connectivity index (χ4n) is 1.14. The summed E-state index contributed by atoms with van der Waals surface area (Å²) in [5.74, 6) is 0. The minimum absolute atomic E-state index is 1.01. The van der Waals surface area contributed by atoms with Gasteiger partial charge >= 0.3 is 0 Å². The zero-order valence-corrected chi connectivity index (χ0v) is 8.78. The predicted octanol–water partition coefficient (Wildman–Crippen LogP) is 3.06. The van der Waals surface area contributed by atoms with Crippen molar-refractivity contribution in [3.63, 3.8) is 0 Å². The molecule has 0 N–H and O–H groups in total. The van der Waals surface area contributed by atoms with Crippen molar-refractivity contribution in [2.45, 2.75) is 5.03 Å². The van der Waals surface area contributed by atoms with E-state index in [9.17, 15) is 0 Å². The fourth-order valence-corrected chi connectivity index (χ4v) is 2.86. The molecule has 0 radical (unpaired) electrons. The van der Waals surface area contributed by atoms with Crippen LogP contribution in [0.3, 0.4) is 0 Å². The van der Waals surface area contributed by atoms with Crippen molar-refractivity contribution in [3.05, 3.63) is 23.8 Å². The number of thioether (sulfide) groups is 1. The van der Waals surface area contributed by atoms with E-state index in [2.05, 4.69) is 21.9 Å². The largest absolute Gasteiger partial charge is 0.235 e. The Morgan fingerprint density at radius 1 is 1.54 bits per heavy atom. The van der Waals surface area contributed by atoms with Crippen LogP contribution < -0.4 is 0 Å². The highest BCUT2D eigenvalue weighted by molar-refractivity contribution is 7.98. The molecule has 0 saturated carbocycles. The second-order valence-corrected chi connectivity index (χ2v) is 4.13.